The van der Waals surface area contributed by atoms with Gasteiger partial charge in [-0.3, -0.25) is 25.2 Å². The zero-order chi connectivity index (χ0) is 24.0. The predicted octanol–water partition coefficient (Wildman–Crippen LogP) is 3.67. The highest BCUT2D eigenvalue weighted by atomic mass is 35.5. The molecule has 0 bridgehead atoms. The maximum absolute atomic E-state index is 12.3. The molecule has 0 aromatic heterocycles. The number of carbonyl (C=O) groups excluding carboxylic acids is 2. The van der Waals surface area contributed by atoms with Gasteiger partial charge in [-0.1, -0.05) is 29.8 Å². The van der Waals surface area contributed by atoms with E-state index in [1.807, 2.05) is 13.0 Å². The van der Waals surface area contributed by atoms with E-state index in [0.717, 1.165) is 17.4 Å². The van der Waals surface area contributed by atoms with Crippen LogP contribution in [-0.4, -0.2) is 26.5 Å². The number of rotatable bonds is 7. The van der Waals surface area contributed by atoms with Crippen molar-refractivity contribution in [2.45, 2.75) is 13.5 Å². The molecule has 3 aromatic rings. The predicted molar refractivity (Wildman–Crippen MR) is 127 cm³/mol. The summed E-state index contributed by atoms with van der Waals surface area (Å²) in [7, 11) is -3.47. The molecular formula is C23H22ClN3O5S. The first-order chi connectivity index (χ1) is 15.6. The molecule has 8 nitrogen and oxygen atoms in total. The van der Waals surface area contributed by atoms with E-state index in [1.54, 1.807) is 36.4 Å². The fourth-order valence-electron chi connectivity index (χ4n) is 2.82. The van der Waals surface area contributed by atoms with Crippen LogP contribution in [0, 0.1) is 6.92 Å². The summed E-state index contributed by atoms with van der Waals surface area (Å²) in [5, 5.41) is 0.670. The number of amides is 2. The van der Waals surface area contributed by atoms with Crippen molar-refractivity contribution in [3.8, 4) is 5.75 Å². The highest BCUT2D eigenvalue weighted by Gasteiger charge is 2.11. The zero-order valence-corrected chi connectivity index (χ0v) is 19.5. The molecule has 0 unspecified atom stereocenters. The Bertz CT molecular complexity index is 1280. The Kier molecular flexibility index (Phi) is 7.57. The smallest absolute Gasteiger partial charge is 0.269 e. The van der Waals surface area contributed by atoms with Gasteiger partial charge in [-0.2, -0.15) is 0 Å². The van der Waals surface area contributed by atoms with Crippen LogP contribution in [0.2, 0.25) is 5.02 Å². The van der Waals surface area contributed by atoms with E-state index in [-0.39, 0.29) is 11.3 Å². The van der Waals surface area contributed by atoms with Crippen LogP contribution in [-0.2, 0) is 16.6 Å². The molecule has 3 rings (SSSR count). The summed E-state index contributed by atoms with van der Waals surface area (Å²) in [5.41, 5.74) is 7.17. The summed E-state index contributed by atoms with van der Waals surface area (Å²) >= 11 is 6.01. The minimum Gasteiger partial charge on any atom is -0.489 e. The van der Waals surface area contributed by atoms with Gasteiger partial charge in [0.15, 0.2) is 0 Å². The Morgan fingerprint density at radius 1 is 0.909 bits per heavy atom. The lowest BCUT2D eigenvalue weighted by atomic mass is 10.1. The van der Waals surface area contributed by atoms with E-state index in [4.69, 9.17) is 16.3 Å². The number of benzene rings is 3. The van der Waals surface area contributed by atoms with Gasteiger partial charge in [0.05, 0.1) is 6.26 Å². The molecule has 3 aromatic carbocycles. The van der Waals surface area contributed by atoms with Crippen LogP contribution < -0.4 is 20.3 Å². The summed E-state index contributed by atoms with van der Waals surface area (Å²) < 4.78 is 30.7. The van der Waals surface area contributed by atoms with Gasteiger partial charge in [0.1, 0.15) is 12.4 Å². The number of carbonyl (C=O) groups is 2. The standard InChI is InChI=1S/C23H22ClN3O5S/c1-15-12-20(10-11-21(15)24)32-14-16-6-8-17(9-7-16)22(28)25-26-23(29)18-4-3-5-19(13-18)27-33(2,30)31/h3-13,27H,14H2,1-2H3,(H,25,28)(H,26,29). The quantitative estimate of drug-likeness (QED) is 0.440. The number of hydrazine groups is 1. The first-order valence-corrected chi connectivity index (χ1v) is 12.0. The van der Waals surface area contributed by atoms with Crippen LogP contribution in [0.1, 0.15) is 31.8 Å². The summed E-state index contributed by atoms with van der Waals surface area (Å²) in [6.07, 6.45) is 1.01. The van der Waals surface area contributed by atoms with Crippen LogP contribution in [0.4, 0.5) is 5.69 Å². The molecule has 3 N–H and O–H groups in total. The molecule has 0 fully saturated rings. The van der Waals surface area contributed by atoms with E-state index in [0.29, 0.717) is 22.9 Å². The molecule has 0 saturated carbocycles. The minimum atomic E-state index is -3.47. The van der Waals surface area contributed by atoms with E-state index in [9.17, 15) is 18.0 Å². The van der Waals surface area contributed by atoms with Gasteiger partial charge in [-0.25, -0.2) is 8.42 Å². The first-order valence-electron chi connectivity index (χ1n) is 9.77. The third-order valence-corrected chi connectivity index (χ3v) is 5.50. The molecule has 0 aliphatic carbocycles. The highest BCUT2D eigenvalue weighted by Crippen LogP contribution is 2.22. The monoisotopic (exact) mass is 487 g/mol. The Labute approximate surface area is 196 Å². The largest absolute Gasteiger partial charge is 0.489 e. The molecule has 0 heterocycles. The summed E-state index contributed by atoms with van der Waals surface area (Å²) in [6, 6.07) is 18.0. The molecule has 0 aliphatic heterocycles. The zero-order valence-electron chi connectivity index (χ0n) is 17.9. The van der Waals surface area contributed by atoms with Crippen molar-refractivity contribution in [3.05, 3.63) is 94.0 Å². The number of halogens is 1. The average Bonchev–Trinajstić information content (AvgIpc) is 2.77. The molecule has 0 saturated heterocycles. The van der Waals surface area contributed by atoms with Gasteiger partial charge in [-0.15, -0.1) is 0 Å². The summed E-state index contributed by atoms with van der Waals surface area (Å²) in [6.45, 7) is 2.21. The highest BCUT2D eigenvalue weighted by molar-refractivity contribution is 7.92. The van der Waals surface area contributed by atoms with Gasteiger partial charge in [0.2, 0.25) is 10.0 Å². The lowest BCUT2D eigenvalue weighted by Crippen LogP contribution is -2.41. The van der Waals surface area contributed by atoms with Gasteiger partial charge < -0.3 is 4.74 Å². The number of aryl methyl sites for hydroxylation is 1. The van der Waals surface area contributed by atoms with Crippen molar-refractivity contribution >= 4 is 39.1 Å². The Balaban J connectivity index is 1.53. The first kappa shape index (κ1) is 24.1. The maximum atomic E-state index is 12.3. The van der Waals surface area contributed by atoms with Crippen LogP contribution in [0.25, 0.3) is 0 Å². The number of hydrogen-bond donors (Lipinski definition) is 3. The van der Waals surface area contributed by atoms with Crippen molar-refractivity contribution in [2.24, 2.45) is 0 Å². The topological polar surface area (TPSA) is 114 Å². The third kappa shape index (κ3) is 7.23. The van der Waals surface area contributed by atoms with E-state index >= 15 is 0 Å². The second kappa shape index (κ2) is 10.4. The Morgan fingerprint density at radius 3 is 2.21 bits per heavy atom. The summed E-state index contributed by atoms with van der Waals surface area (Å²) in [5.74, 6) is -0.407. The molecule has 10 heteroatoms. The van der Waals surface area contributed by atoms with Crippen molar-refractivity contribution < 1.29 is 22.7 Å². The average molecular weight is 488 g/mol. The third-order valence-electron chi connectivity index (χ3n) is 4.47. The SMILES string of the molecule is Cc1cc(OCc2ccc(C(=O)NNC(=O)c3cccc(NS(C)(=O)=O)c3)cc2)ccc1Cl. The molecule has 0 atom stereocenters. The second-order valence-corrected chi connectivity index (χ2v) is 9.42. The molecular weight excluding hydrogens is 466 g/mol. The van der Waals surface area contributed by atoms with Crippen molar-refractivity contribution in [3.63, 3.8) is 0 Å². The number of ether oxygens (including phenoxy) is 1. The fraction of sp³-hybridized carbons (Fsp3) is 0.130. The Hall–Kier alpha value is -3.56. The van der Waals surface area contributed by atoms with Crippen LogP contribution in [0.3, 0.4) is 0 Å². The summed E-state index contributed by atoms with van der Waals surface area (Å²) in [4.78, 5) is 24.6. The second-order valence-electron chi connectivity index (χ2n) is 7.26. The van der Waals surface area contributed by atoms with E-state index < -0.39 is 21.8 Å². The lowest BCUT2D eigenvalue weighted by molar-refractivity contribution is 0.0846. The normalized spacial score (nSPS) is 10.9. The molecule has 33 heavy (non-hydrogen) atoms. The van der Waals surface area contributed by atoms with Crippen molar-refractivity contribution in [1.29, 1.82) is 0 Å². The van der Waals surface area contributed by atoms with Gasteiger partial charge in [0.25, 0.3) is 11.8 Å². The Morgan fingerprint density at radius 2 is 1.58 bits per heavy atom. The molecule has 0 spiro atoms. The van der Waals surface area contributed by atoms with E-state index in [2.05, 4.69) is 15.6 Å². The van der Waals surface area contributed by atoms with Gasteiger partial charge >= 0.3 is 0 Å². The molecule has 2 amide bonds. The maximum Gasteiger partial charge on any atom is 0.269 e. The molecule has 0 aliphatic rings. The number of anilines is 1. The van der Waals surface area contributed by atoms with Crippen LogP contribution in [0.5, 0.6) is 5.75 Å². The van der Waals surface area contributed by atoms with Gasteiger partial charge in [-0.05, 0) is 66.6 Å². The number of hydrogen-bond acceptors (Lipinski definition) is 5. The number of sulfonamides is 1. The number of nitrogens with one attached hydrogen (secondary N) is 3. The van der Waals surface area contributed by atoms with Gasteiger partial charge in [0, 0.05) is 21.8 Å². The van der Waals surface area contributed by atoms with E-state index in [1.165, 1.54) is 24.3 Å². The molecule has 0 radical (unpaired) electrons. The minimum absolute atomic E-state index is 0.175. The van der Waals surface area contributed by atoms with Crippen molar-refractivity contribution in [1.82, 2.24) is 10.9 Å². The van der Waals surface area contributed by atoms with Crippen LogP contribution >= 0.6 is 11.6 Å². The van der Waals surface area contributed by atoms with Crippen LogP contribution in [0.15, 0.2) is 66.7 Å². The molecule has 172 valence electrons. The van der Waals surface area contributed by atoms with Crippen molar-refractivity contribution in [2.75, 3.05) is 11.0 Å². The fourth-order valence-corrected chi connectivity index (χ4v) is 3.49. The lowest BCUT2D eigenvalue weighted by Gasteiger charge is -2.10.